The zero-order valence-electron chi connectivity index (χ0n) is 8.69. The van der Waals surface area contributed by atoms with Gasteiger partial charge < -0.3 is 14.7 Å². The number of hydrogen-bond acceptors (Lipinski definition) is 2. The number of aldehydes is 1. The van der Waals surface area contributed by atoms with E-state index in [2.05, 4.69) is 4.98 Å². The van der Waals surface area contributed by atoms with Crippen LogP contribution in [0.1, 0.15) is 10.5 Å². The van der Waals surface area contributed by atoms with Gasteiger partial charge in [-0.25, -0.2) is 0 Å². The number of aromatic nitrogens is 2. The maximum Gasteiger partial charge on any atom is 0.166 e. The first-order valence-electron chi connectivity index (χ1n) is 4.96. The molecule has 0 aliphatic carbocycles. The number of nitrogens with one attached hydrogen (secondary N) is 1. The van der Waals surface area contributed by atoms with E-state index in [0.717, 1.165) is 28.2 Å². The van der Waals surface area contributed by atoms with Crippen molar-refractivity contribution < 1.29 is 9.90 Å². The second-order valence-corrected chi connectivity index (χ2v) is 3.87. The molecular formula is C12H10N2O2. The summed E-state index contributed by atoms with van der Waals surface area (Å²) in [6.45, 7) is 0. The fourth-order valence-electron chi connectivity index (χ4n) is 2.15. The van der Waals surface area contributed by atoms with Gasteiger partial charge in [-0.05, 0) is 24.3 Å². The summed E-state index contributed by atoms with van der Waals surface area (Å²) < 4.78 is 1.97. The van der Waals surface area contributed by atoms with E-state index in [0.29, 0.717) is 5.69 Å². The molecule has 0 atom stereocenters. The Kier molecular flexibility index (Phi) is 1.63. The highest BCUT2D eigenvalue weighted by Crippen LogP contribution is 2.30. The number of aryl methyl sites for hydroxylation is 1. The lowest BCUT2D eigenvalue weighted by Crippen LogP contribution is -1.88. The van der Waals surface area contributed by atoms with Crippen molar-refractivity contribution in [1.29, 1.82) is 0 Å². The number of phenolic OH excluding ortho intramolecular Hbond substituents is 1. The van der Waals surface area contributed by atoms with Crippen LogP contribution >= 0.6 is 0 Å². The van der Waals surface area contributed by atoms with Gasteiger partial charge in [0.1, 0.15) is 11.4 Å². The number of H-pyrrole nitrogens is 1. The molecule has 0 saturated heterocycles. The number of nitrogens with zero attached hydrogens (tertiary/aromatic N) is 1. The van der Waals surface area contributed by atoms with Gasteiger partial charge in [0, 0.05) is 17.8 Å². The Bertz CT molecular complexity index is 707. The van der Waals surface area contributed by atoms with Crippen LogP contribution in [0.3, 0.4) is 0 Å². The molecule has 0 bridgehead atoms. The van der Waals surface area contributed by atoms with E-state index in [4.69, 9.17) is 0 Å². The zero-order chi connectivity index (χ0) is 11.3. The van der Waals surface area contributed by atoms with Crippen molar-refractivity contribution in [2.45, 2.75) is 0 Å². The summed E-state index contributed by atoms with van der Waals surface area (Å²) >= 11 is 0. The third kappa shape index (κ3) is 1.01. The Morgan fingerprint density at radius 1 is 1.31 bits per heavy atom. The maximum absolute atomic E-state index is 10.7. The molecule has 4 heteroatoms. The van der Waals surface area contributed by atoms with Gasteiger partial charge in [-0.1, -0.05) is 0 Å². The highest BCUT2D eigenvalue weighted by molar-refractivity contribution is 6.09. The van der Waals surface area contributed by atoms with Gasteiger partial charge in [0.05, 0.1) is 11.2 Å². The van der Waals surface area contributed by atoms with Crippen LogP contribution in [0.5, 0.6) is 5.75 Å². The summed E-state index contributed by atoms with van der Waals surface area (Å²) in [5.41, 5.74) is 2.46. The van der Waals surface area contributed by atoms with Crippen LogP contribution in [0, 0.1) is 0 Å². The SMILES string of the molecule is Cn1c2ccc(O)cc2c2cc(C=O)[nH]c21. The molecule has 2 aromatic heterocycles. The monoisotopic (exact) mass is 214 g/mol. The van der Waals surface area contributed by atoms with Crippen molar-refractivity contribution in [3.05, 3.63) is 30.0 Å². The van der Waals surface area contributed by atoms with Gasteiger partial charge in [0.2, 0.25) is 0 Å². The normalized spacial score (nSPS) is 11.3. The van der Waals surface area contributed by atoms with E-state index in [1.54, 1.807) is 18.2 Å². The molecule has 80 valence electrons. The van der Waals surface area contributed by atoms with Crippen molar-refractivity contribution in [2.24, 2.45) is 7.05 Å². The minimum Gasteiger partial charge on any atom is -0.508 e. The molecule has 3 rings (SSSR count). The summed E-state index contributed by atoms with van der Waals surface area (Å²) in [6, 6.07) is 7.02. The lowest BCUT2D eigenvalue weighted by Gasteiger charge is -1.97. The number of carbonyl (C=O) groups excluding carboxylic acids is 1. The van der Waals surface area contributed by atoms with Crippen LogP contribution in [-0.4, -0.2) is 20.9 Å². The lowest BCUT2D eigenvalue weighted by atomic mass is 10.2. The van der Waals surface area contributed by atoms with E-state index < -0.39 is 0 Å². The van der Waals surface area contributed by atoms with Gasteiger partial charge >= 0.3 is 0 Å². The van der Waals surface area contributed by atoms with E-state index in [1.807, 2.05) is 17.7 Å². The van der Waals surface area contributed by atoms with E-state index in [1.165, 1.54) is 0 Å². The third-order valence-corrected chi connectivity index (χ3v) is 2.91. The molecular weight excluding hydrogens is 204 g/mol. The Balaban J connectivity index is 2.54. The van der Waals surface area contributed by atoms with Gasteiger partial charge in [0.15, 0.2) is 6.29 Å². The molecule has 0 aliphatic heterocycles. The molecule has 3 aromatic rings. The van der Waals surface area contributed by atoms with E-state index >= 15 is 0 Å². The minimum absolute atomic E-state index is 0.230. The topological polar surface area (TPSA) is 58.0 Å². The molecule has 0 saturated carbocycles. The second-order valence-electron chi connectivity index (χ2n) is 3.87. The molecule has 0 unspecified atom stereocenters. The quantitative estimate of drug-likeness (QED) is 0.610. The van der Waals surface area contributed by atoms with Crippen molar-refractivity contribution in [3.8, 4) is 5.75 Å². The summed E-state index contributed by atoms with van der Waals surface area (Å²) in [7, 11) is 1.92. The number of phenols is 1. The van der Waals surface area contributed by atoms with Crippen LogP contribution in [0.15, 0.2) is 24.3 Å². The van der Waals surface area contributed by atoms with Gasteiger partial charge in [-0.2, -0.15) is 0 Å². The summed E-state index contributed by atoms with van der Waals surface area (Å²) in [4.78, 5) is 13.7. The smallest absolute Gasteiger partial charge is 0.166 e. The van der Waals surface area contributed by atoms with E-state index in [-0.39, 0.29) is 5.75 Å². The van der Waals surface area contributed by atoms with Crippen LogP contribution in [0.2, 0.25) is 0 Å². The zero-order valence-corrected chi connectivity index (χ0v) is 8.69. The first-order valence-corrected chi connectivity index (χ1v) is 4.96. The van der Waals surface area contributed by atoms with E-state index in [9.17, 15) is 9.90 Å². The van der Waals surface area contributed by atoms with Crippen LogP contribution in [0.4, 0.5) is 0 Å². The van der Waals surface area contributed by atoms with Crippen molar-refractivity contribution >= 4 is 28.2 Å². The molecule has 0 aliphatic rings. The number of fused-ring (bicyclic) bond motifs is 3. The van der Waals surface area contributed by atoms with Gasteiger partial charge in [-0.15, -0.1) is 0 Å². The average molecular weight is 214 g/mol. The maximum atomic E-state index is 10.7. The molecule has 2 N–H and O–H groups in total. The van der Waals surface area contributed by atoms with Gasteiger partial charge in [-0.3, -0.25) is 4.79 Å². The fourth-order valence-corrected chi connectivity index (χ4v) is 2.15. The summed E-state index contributed by atoms with van der Waals surface area (Å²) in [5.74, 6) is 0.230. The van der Waals surface area contributed by atoms with Crippen molar-refractivity contribution in [3.63, 3.8) is 0 Å². The molecule has 2 heterocycles. The standard InChI is InChI=1S/C12H10N2O2/c1-14-11-3-2-8(16)5-9(11)10-4-7(6-15)13-12(10)14/h2-6,13,16H,1H3. The Hall–Kier alpha value is -2.23. The van der Waals surface area contributed by atoms with Crippen molar-refractivity contribution in [1.82, 2.24) is 9.55 Å². The Labute approximate surface area is 91.1 Å². The Morgan fingerprint density at radius 3 is 2.88 bits per heavy atom. The Morgan fingerprint density at radius 2 is 2.12 bits per heavy atom. The molecule has 0 radical (unpaired) electrons. The number of benzene rings is 1. The molecule has 0 fully saturated rings. The first-order chi connectivity index (χ1) is 7.70. The number of aromatic hydroxyl groups is 1. The highest BCUT2D eigenvalue weighted by atomic mass is 16.3. The predicted molar refractivity (Wildman–Crippen MR) is 61.8 cm³/mol. The number of hydrogen-bond donors (Lipinski definition) is 2. The van der Waals surface area contributed by atoms with Crippen LogP contribution < -0.4 is 0 Å². The third-order valence-electron chi connectivity index (χ3n) is 2.91. The largest absolute Gasteiger partial charge is 0.508 e. The van der Waals surface area contributed by atoms with Crippen LogP contribution in [-0.2, 0) is 7.05 Å². The average Bonchev–Trinajstić information content (AvgIpc) is 2.80. The minimum atomic E-state index is 0.230. The highest BCUT2D eigenvalue weighted by Gasteiger charge is 2.11. The molecule has 4 nitrogen and oxygen atoms in total. The lowest BCUT2D eigenvalue weighted by molar-refractivity contribution is 0.111. The fraction of sp³-hybridized carbons (Fsp3) is 0.0833. The number of rotatable bonds is 1. The molecule has 1 aromatic carbocycles. The van der Waals surface area contributed by atoms with Crippen molar-refractivity contribution in [2.75, 3.05) is 0 Å². The molecule has 16 heavy (non-hydrogen) atoms. The van der Waals surface area contributed by atoms with Gasteiger partial charge in [0.25, 0.3) is 0 Å². The predicted octanol–water partition coefficient (Wildman–Crippen LogP) is 2.18. The number of aromatic amines is 1. The molecule has 0 spiro atoms. The second kappa shape index (κ2) is 2.88. The summed E-state index contributed by atoms with van der Waals surface area (Å²) in [5, 5.41) is 11.4. The summed E-state index contributed by atoms with van der Waals surface area (Å²) in [6.07, 6.45) is 0.786. The molecule has 0 amide bonds. The number of carbonyl (C=O) groups is 1. The first kappa shape index (κ1) is 9.03. The van der Waals surface area contributed by atoms with Crippen LogP contribution in [0.25, 0.3) is 21.9 Å².